The smallest absolute Gasteiger partial charge is 0.136 e. The summed E-state index contributed by atoms with van der Waals surface area (Å²) in [6.07, 6.45) is 6.65. The molecule has 1 aromatic rings. The van der Waals surface area contributed by atoms with Gasteiger partial charge in [-0.25, -0.2) is 0 Å². The van der Waals surface area contributed by atoms with Crippen LogP contribution in [0.1, 0.15) is 50.2 Å². The molecular weight excluding hydrogens is 250 g/mol. The van der Waals surface area contributed by atoms with Crippen molar-refractivity contribution in [1.29, 1.82) is 5.26 Å². The summed E-state index contributed by atoms with van der Waals surface area (Å²) in [6, 6.07) is 7.79. The van der Waals surface area contributed by atoms with E-state index in [1.54, 1.807) is 13.2 Å². The Hall–Kier alpha value is -1.53. The average molecular weight is 273 g/mol. The lowest BCUT2D eigenvalue weighted by atomic mass is 9.85. The Balaban J connectivity index is 1.98. The first-order valence-electron chi connectivity index (χ1n) is 7.47. The summed E-state index contributed by atoms with van der Waals surface area (Å²) in [6.45, 7) is 2.85. The second-order valence-corrected chi connectivity index (χ2v) is 5.45. The van der Waals surface area contributed by atoms with Crippen LogP contribution in [-0.4, -0.2) is 13.2 Å². The van der Waals surface area contributed by atoms with Crippen molar-refractivity contribution in [2.75, 3.05) is 7.11 Å². The van der Waals surface area contributed by atoms with Gasteiger partial charge in [-0.2, -0.15) is 5.26 Å². The molecule has 2 unspecified atom stereocenters. The van der Waals surface area contributed by atoms with Crippen molar-refractivity contribution in [3.63, 3.8) is 0 Å². The van der Waals surface area contributed by atoms with Crippen LogP contribution >= 0.6 is 0 Å². The normalized spacial score (nSPS) is 22.2. The van der Waals surface area contributed by atoms with Gasteiger partial charge in [0, 0.05) is 0 Å². The Morgan fingerprint density at radius 1 is 1.30 bits per heavy atom. The van der Waals surface area contributed by atoms with E-state index in [0.717, 1.165) is 5.56 Å². The van der Waals surface area contributed by atoms with Gasteiger partial charge in [0.25, 0.3) is 0 Å². The predicted octanol–water partition coefficient (Wildman–Crippen LogP) is 4.05. The van der Waals surface area contributed by atoms with Crippen LogP contribution in [0.15, 0.2) is 18.2 Å². The lowest BCUT2D eigenvalue weighted by Gasteiger charge is -2.30. The second-order valence-electron chi connectivity index (χ2n) is 5.45. The molecule has 2 atom stereocenters. The Kier molecular flexibility index (Phi) is 5.43. The molecular formula is C17H23NO2. The van der Waals surface area contributed by atoms with Crippen LogP contribution in [0.2, 0.25) is 0 Å². The third-order valence-corrected chi connectivity index (χ3v) is 4.21. The summed E-state index contributed by atoms with van der Waals surface area (Å²) in [5, 5.41) is 8.98. The highest BCUT2D eigenvalue weighted by Crippen LogP contribution is 2.30. The molecule has 0 aromatic heterocycles. The van der Waals surface area contributed by atoms with E-state index < -0.39 is 0 Å². The minimum absolute atomic E-state index is 0.385. The maximum atomic E-state index is 8.98. The van der Waals surface area contributed by atoms with Crippen LogP contribution in [-0.2, 0) is 11.3 Å². The molecule has 0 N–H and O–H groups in total. The highest BCUT2D eigenvalue weighted by Gasteiger charge is 2.24. The molecule has 1 aliphatic rings. The Morgan fingerprint density at radius 2 is 2.10 bits per heavy atom. The van der Waals surface area contributed by atoms with E-state index in [1.165, 1.54) is 32.1 Å². The molecule has 1 fully saturated rings. The number of nitriles is 1. The molecule has 0 radical (unpaired) electrons. The molecule has 3 heteroatoms. The topological polar surface area (TPSA) is 42.2 Å². The molecule has 3 nitrogen and oxygen atoms in total. The molecule has 0 heterocycles. The van der Waals surface area contributed by atoms with E-state index in [2.05, 4.69) is 13.0 Å². The van der Waals surface area contributed by atoms with Crippen molar-refractivity contribution >= 4 is 0 Å². The number of benzene rings is 1. The minimum Gasteiger partial charge on any atom is -0.495 e. The molecule has 20 heavy (non-hydrogen) atoms. The van der Waals surface area contributed by atoms with Crippen LogP contribution in [0.5, 0.6) is 5.75 Å². The highest BCUT2D eigenvalue weighted by molar-refractivity contribution is 5.45. The lowest BCUT2D eigenvalue weighted by Crippen LogP contribution is -2.27. The van der Waals surface area contributed by atoms with Crippen LogP contribution in [0.3, 0.4) is 0 Å². The molecule has 1 saturated carbocycles. The van der Waals surface area contributed by atoms with Gasteiger partial charge in [-0.1, -0.05) is 32.3 Å². The number of rotatable bonds is 5. The monoisotopic (exact) mass is 273 g/mol. The van der Waals surface area contributed by atoms with Gasteiger partial charge in [0.15, 0.2) is 0 Å². The summed E-state index contributed by atoms with van der Waals surface area (Å²) in [5.41, 5.74) is 1.64. The van der Waals surface area contributed by atoms with Crippen molar-refractivity contribution < 1.29 is 9.47 Å². The lowest BCUT2D eigenvalue weighted by molar-refractivity contribution is -0.0222. The van der Waals surface area contributed by atoms with Gasteiger partial charge in [-0.3, -0.25) is 0 Å². The molecule has 108 valence electrons. The van der Waals surface area contributed by atoms with Crippen LogP contribution in [0.4, 0.5) is 0 Å². The number of hydrogen-bond donors (Lipinski definition) is 0. The summed E-state index contributed by atoms with van der Waals surface area (Å²) < 4.78 is 11.3. The van der Waals surface area contributed by atoms with Gasteiger partial charge < -0.3 is 9.47 Å². The molecule has 1 aliphatic carbocycles. The fourth-order valence-electron chi connectivity index (χ4n) is 2.98. The number of methoxy groups -OCH3 is 1. The maximum Gasteiger partial charge on any atom is 0.136 e. The van der Waals surface area contributed by atoms with Gasteiger partial charge in [0.1, 0.15) is 11.8 Å². The van der Waals surface area contributed by atoms with E-state index in [-0.39, 0.29) is 0 Å². The van der Waals surface area contributed by atoms with Crippen LogP contribution in [0.25, 0.3) is 0 Å². The zero-order valence-electron chi connectivity index (χ0n) is 12.4. The molecule has 2 rings (SSSR count). The second kappa shape index (κ2) is 7.31. The van der Waals surface area contributed by atoms with Crippen molar-refractivity contribution in [1.82, 2.24) is 0 Å². The Bertz CT molecular complexity index is 478. The van der Waals surface area contributed by atoms with Gasteiger partial charge in [-0.05, 0) is 36.5 Å². The number of nitrogens with zero attached hydrogens (tertiary/aromatic N) is 1. The first-order chi connectivity index (χ1) is 9.78. The fourth-order valence-corrected chi connectivity index (χ4v) is 2.98. The minimum atomic E-state index is 0.385. The summed E-state index contributed by atoms with van der Waals surface area (Å²) in [5.74, 6) is 1.33. The Morgan fingerprint density at radius 3 is 2.80 bits per heavy atom. The fraction of sp³-hybridized carbons (Fsp3) is 0.588. The van der Waals surface area contributed by atoms with Crippen LogP contribution in [0, 0.1) is 17.2 Å². The number of hydrogen-bond acceptors (Lipinski definition) is 3. The molecule has 0 saturated heterocycles. The van der Waals surface area contributed by atoms with Gasteiger partial charge in [0.2, 0.25) is 0 Å². The molecule has 0 bridgehead atoms. The van der Waals surface area contributed by atoms with Crippen molar-refractivity contribution in [3.05, 3.63) is 29.3 Å². The first-order valence-corrected chi connectivity index (χ1v) is 7.47. The summed E-state index contributed by atoms with van der Waals surface area (Å²) in [4.78, 5) is 0. The number of ether oxygens (including phenoxy) is 2. The maximum absolute atomic E-state index is 8.98. The SMILES string of the molecule is CCC1CCCCC1OCc1ccc(C#N)c(OC)c1. The zero-order chi connectivity index (χ0) is 14.4. The molecule has 0 spiro atoms. The highest BCUT2D eigenvalue weighted by atomic mass is 16.5. The van der Waals surface area contributed by atoms with Crippen LogP contribution < -0.4 is 4.74 Å². The summed E-state index contributed by atoms with van der Waals surface area (Å²) >= 11 is 0. The predicted molar refractivity (Wildman–Crippen MR) is 78.5 cm³/mol. The van der Waals surface area contributed by atoms with Crippen molar-refractivity contribution in [2.24, 2.45) is 5.92 Å². The van der Waals surface area contributed by atoms with Gasteiger partial charge in [-0.15, -0.1) is 0 Å². The van der Waals surface area contributed by atoms with E-state index >= 15 is 0 Å². The van der Waals surface area contributed by atoms with E-state index in [4.69, 9.17) is 14.7 Å². The molecule has 1 aromatic carbocycles. The van der Waals surface area contributed by atoms with E-state index in [9.17, 15) is 0 Å². The Labute approximate surface area is 121 Å². The molecule has 0 aliphatic heterocycles. The largest absolute Gasteiger partial charge is 0.495 e. The molecule has 0 amide bonds. The quantitative estimate of drug-likeness (QED) is 0.812. The average Bonchev–Trinajstić information content (AvgIpc) is 2.52. The third kappa shape index (κ3) is 3.52. The standard InChI is InChI=1S/C17H23NO2/c1-3-14-6-4-5-7-16(14)20-12-13-8-9-15(11-18)17(10-13)19-2/h8-10,14,16H,3-7,12H2,1-2H3. The van der Waals surface area contributed by atoms with E-state index in [1.807, 2.05) is 12.1 Å². The zero-order valence-corrected chi connectivity index (χ0v) is 12.4. The van der Waals surface area contributed by atoms with E-state index in [0.29, 0.717) is 29.9 Å². The third-order valence-electron chi connectivity index (χ3n) is 4.21. The van der Waals surface area contributed by atoms with Crippen molar-refractivity contribution in [2.45, 2.75) is 51.7 Å². The van der Waals surface area contributed by atoms with Gasteiger partial charge in [0.05, 0.1) is 25.4 Å². The van der Waals surface area contributed by atoms with Gasteiger partial charge >= 0.3 is 0 Å². The summed E-state index contributed by atoms with van der Waals surface area (Å²) in [7, 11) is 1.59. The van der Waals surface area contributed by atoms with Crippen molar-refractivity contribution in [3.8, 4) is 11.8 Å². The first kappa shape index (κ1) is 14.9.